The van der Waals surface area contributed by atoms with Gasteiger partial charge in [0.25, 0.3) is 0 Å². The molecule has 4 heteroatoms. The van der Waals surface area contributed by atoms with Crippen LogP contribution in [0.3, 0.4) is 0 Å². The molecule has 1 N–H and O–H groups in total. The van der Waals surface area contributed by atoms with E-state index in [1.54, 1.807) is 0 Å². The molecule has 0 saturated heterocycles. The monoisotopic (exact) mass is 315 g/mol. The van der Waals surface area contributed by atoms with E-state index >= 15 is 0 Å². The molecule has 0 amide bonds. The number of benzene rings is 1. The highest BCUT2D eigenvalue weighted by atomic mass is 79.9. The first-order chi connectivity index (χ1) is 8.70. The number of hydrogen-bond acceptors (Lipinski definition) is 2. The molecule has 1 aliphatic carbocycles. The van der Waals surface area contributed by atoms with Gasteiger partial charge in [-0.2, -0.15) is 0 Å². The van der Waals surface area contributed by atoms with Gasteiger partial charge >= 0.3 is 0 Å². The van der Waals surface area contributed by atoms with Crippen LogP contribution >= 0.6 is 15.9 Å². The largest absolute Gasteiger partial charge is 0.396 e. The normalized spacial score (nSPS) is 16.0. The second kappa shape index (κ2) is 6.64. The Morgan fingerprint density at radius 2 is 2.17 bits per heavy atom. The lowest BCUT2D eigenvalue weighted by Crippen LogP contribution is -2.40. The molecule has 1 saturated carbocycles. The van der Waals surface area contributed by atoms with Gasteiger partial charge in [-0.1, -0.05) is 28.4 Å². The van der Waals surface area contributed by atoms with Gasteiger partial charge in [0.2, 0.25) is 0 Å². The maximum atomic E-state index is 13.8. The van der Waals surface area contributed by atoms with E-state index < -0.39 is 0 Å². The fraction of sp³-hybridized carbons (Fsp3) is 0.571. The molecule has 1 aromatic carbocycles. The summed E-state index contributed by atoms with van der Waals surface area (Å²) in [6, 6.07) is 5.80. The summed E-state index contributed by atoms with van der Waals surface area (Å²) in [6.45, 7) is 1.69. The van der Waals surface area contributed by atoms with Crippen molar-refractivity contribution in [1.29, 1.82) is 0 Å². The van der Waals surface area contributed by atoms with Gasteiger partial charge in [0, 0.05) is 35.8 Å². The third-order valence-corrected chi connectivity index (χ3v) is 4.08. The molecule has 0 aromatic heterocycles. The highest BCUT2D eigenvalue weighted by molar-refractivity contribution is 9.10. The minimum Gasteiger partial charge on any atom is -0.396 e. The Kier molecular flexibility index (Phi) is 5.15. The first kappa shape index (κ1) is 14.0. The zero-order valence-corrected chi connectivity index (χ0v) is 12.0. The summed E-state index contributed by atoms with van der Waals surface area (Å²) < 4.78 is 14.6. The van der Waals surface area contributed by atoms with Crippen molar-refractivity contribution in [2.75, 3.05) is 13.2 Å². The summed E-state index contributed by atoms with van der Waals surface area (Å²) in [5.41, 5.74) is 0.739. The number of aliphatic hydroxyl groups is 1. The highest BCUT2D eigenvalue weighted by Crippen LogP contribution is 2.27. The zero-order chi connectivity index (χ0) is 13.0. The molecule has 18 heavy (non-hydrogen) atoms. The maximum Gasteiger partial charge on any atom is 0.128 e. The summed E-state index contributed by atoms with van der Waals surface area (Å²) in [6.07, 6.45) is 4.42. The fourth-order valence-electron chi connectivity index (χ4n) is 2.29. The molecule has 0 atom stereocenters. The first-order valence-electron chi connectivity index (χ1n) is 6.49. The van der Waals surface area contributed by atoms with E-state index in [2.05, 4.69) is 20.8 Å². The van der Waals surface area contributed by atoms with E-state index in [9.17, 15) is 4.39 Å². The van der Waals surface area contributed by atoms with Crippen LogP contribution in [0.5, 0.6) is 0 Å². The van der Waals surface area contributed by atoms with E-state index in [-0.39, 0.29) is 12.4 Å². The second-order valence-electron chi connectivity index (χ2n) is 4.87. The van der Waals surface area contributed by atoms with Crippen molar-refractivity contribution >= 4 is 15.9 Å². The van der Waals surface area contributed by atoms with Gasteiger partial charge in [0.1, 0.15) is 5.82 Å². The van der Waals surface area contributed by atoms with E-state index in [1.165, 1.54) is 25.3 Å². The molecule has 1 aliphatic rings. The van der Waals surface area contributed by atoms with Crippen molar-refractivity contribution in [2.45, 2.75) is 38.3 Å². The van der Waals surface area contributed by atoms with Crippen molar-refractivity contribution in [2.24, 2.45) is 0 Å². The number of rotatable bonds is 6. The van der Waals surface area contributed by atoms with Crippen LogP contribution in [0.15, 0.2) is 22.7 Å². The van der Waals surface area contributed by atoms with Crippen LogP contribution < -0.4 is 0 Å². The third kappa shape index (κ3) is 3.53. The van der Waals surface area contributed by atoms with Crippen LogP contribution in [0.2, 0.25) is 0 Å². The Morgan fingerprint density at radius 1 is 1.39 bits per heavy atom. The fourth-order valence-corrected chi connectivity index (χ4v) is 2.62. The molecule has 100 valence electrons. The van der Waals surface area contributed by atoms with Crippen LogP contribution in [-0.4, -0.2) is 29.2 Å². The second-order valence-corrected chi connectivity index (χ2v) is 5.78. The topological polar surface area (TPSA) is 23.5 Å². The number of halogens is 2. The number of hydrogen-bond donors (Lipinski definition) is 1. The molecule has 1 fully saturated rings. The van der Waals surface area contributed by atoms with Gasteiger partial charge in [-0.15, -0.1) is 0 Å². The lowest BCUT2D eigenvalue weighted by Gasteiger charge is -2.37. The SMILES string of the molecule is OCCCN(Cc1ccc(Br)cc1F)C1CCC1. The molecular formula is C14H19BrFNO. The van der Waals surface area contributed by atoms with Crippen molar-refractivity contribution < 1.29 is 9.50 Å². The van der Waals surface area contributed by atoms with E-state index in [0.717, 1.165) is 23.0 Å². The zero-order valence-electron chi connectivity index (χ0n) is 10.4. The molecule has 0 radical (unpaired) electrons. The van der Waals surface area contributed by atoms with Crippen LogP contribution in [0.4, 0.5) is 4.39 Å². The Hall–Kier alpha value is -0.450. The van der Waals surface area contributed by atoms with Gasteiger partial charge < -0.3 is 5.11 Å². The average Bonchev–Trinajstić information content (AvgIpc) is 2.27. The highest BCUT2D eigenvalue weighted by Gasteiger charge is 2.25. The molecule has 0 heterocycles. The van der Waals surface area contributed by atoms with Gasteiger partial charge in [0.15, 0.2) is 0 Å². The predicted octanol–water partition coefficient (Wildman–Crippen LogP) is 3.33. The Bertz CT molecular complexity index is 395. The molecule has 2 nitrogen and oxygen atoms in total. The summed E-state index contributed by atoms with van der Waals surface area (Å²) in [5.74, 6) is -0.155. The van der Waals surface area contributed by atoms with Crippen molar-refractivity contribution in [3.63, 3.8) is 0 Å². The molecule has 0 unspecified atom stereocenters. The summed E-state index contributed by atoms with van der Waals surface area (Å²) in [7, 11) is 0. The van der Waals surface area contributed by atoms with Crippen LogP contribution in [0, 0.1) is 5.82 Å². The Morgan fingerprint density at radius 3 is 2.72 bits per heavy atom. The van der Waals surface area contributed by atoms with Gasteiger partial charge in [-0.05, 0) is 31.4 Å². The quantitative estimate of drug-likeness (QED) is 0.870. The molecular weight excluding hydrogens is 297 g/mol. The van der Waals surface area contributed by atoms with E-state index in [0.29, 0.717) is 12.6 Å². The Balaban J connectivity index is 2.02. The molecule has 0 spiro atoms. The van der Waals surface area contributed by atoms with E-state index in [1.807, 2.05) is 12.1 Å². The van der Waals surface area contributed by atoms with Gasteiger partial charge in [-0.25, -0.2) is 4.39 Å². The minimum atomic E-state index is -0.155. The van der Waals surface area contributed by atoms with Crippen molar-refractivity contribution in [1.82, 2.24) is 4.90 Å². The smallest absolute Gasteiger partial charge is 0.128 e. The molecule has 1 aromatic rings. The number of aliphatic hydroxyl groups excluding tert-OH is 1. The Labute approximate surface area is 116 Å². The van der Waals surface area contributed by atoms with Crippen LogP contribution in [-0.2, 0) is 6.54 Å². The van der Waals surface area contributed by atoms with Crippen LogP contribution in [0.1, 0.15) is 31.2 Å². The maximum absolute atomic E-state index is 13.8. The standard InChI is InChI=1S/C14H19BrFNO/c15-12-6-5-11(14(16)9-12)10-17(7-2-8-18)13-3-1-4-13/h5-6,9,13,18H,1-4,7-8,10H2. The lowest BCUT2D eigenvalue weighted by atomic mass is 9.91. The lowest BCUT2D eigenvalue weighted by molar-refractivity contribution is 0.108. The van der Waals surface area contributed by atoms with Crippen LogP contribution in [0.25, 0.3) is 0 Å². The third-order valence-electron chi connectivity index (χ3n) is 3.58. The average molecular weight is 316 g/mol. The summed E-state index contributed by atoms with van der Waals surface area (Å²) in [5, 5.41) is 8.94. The van der Waals surface area contributed by atoms with Gasteiger partial charge in [-0.3, -0.25) is 4.90 Å². The molecule has 2 rings (SSSR count). The van der Waals surface area contributed by atoms with Crippen molar-refractivity contribution in [3.05, 3.63) is 34.1 Å². The van der Waals surface area contributed by atoms with Crippen molar-refractivity contribution in [3.8, 4) is 0 Å². The van der Waals surface area contributed by atoms with Gasteiger partial charge in [0.05, 0.1) is 0 Å². The molecule has 0 aliphatic heterocycles. The molecule has 0 bridgehead atoms. The minimum absolute atomic E-state index is 0.155. The summed E-state index contributed by atoms with van der Waals surface area (Å²) in [4.78, 5) is 2.30. The van der Waals surface area contributed by atoms with E-state index in [4.69, 9.17) is 5.11 Å². The summed E-state index contributed by atoms with van der Waals surface area (Å²) >= 11 is 3.27. The predicted molar refractivity (Wildman–Crippen MR) is 73.9 cm³/mol. The first-order valence-corrected chi connectivity index (χ1v) is 7.29. The number of nitrogens with zero attached hydrogens (tertiary/aromatic N) is 1.